The summed E-state index contributed by atoms with van der Waals surface area (Å²) in [5, 5.41) is 3.46. The molecule has 1 aliphatic heterocycles. The molecule has 212 valence electrons. The first-order chi connectivity index (χ1) is 19.1. The maximum Gasteiger partial charge on any atom is 0.309 e. The van der Waals surface area contributed by atoms with Crippen molar-refractivity contribution in [3.8, 4) is 11.3 Å². The van der Waals surface area contributed by atoms with E-state index in [2.05, 4.69) is 20.2 Å². The van der Waals surface area contributed by atoms with Crippen LogP contribution in [0.25, 0.3) is 22.3 Å². The van der Waals surface area contributed by atoms with Gasteiger partial charge in [0.1, 0.15) is 29.1 Å². The van der Waals surface area contributed by atoms with Gasteiger partial charge in [-0.2, -0.15) is 0 Å². The Bertz CT molecular complexity index is 1390. The van der Waals surface area contributed by atoms with Gasteiger partial charge in [-0.1, -0.05) is 30.7 Å². The number of benzene rings is 1. The number of rotatable bonds is 7. The van der Waals surface area contributed by atoms with E-state index in [-0.39, 0.29) is 23.5 Å². The van der Waals surface area contributed by atoms with Crippen LogP contribution in [0.5, 0.6) is 0 Å². The smallest absolute Gasteiger partial charge is 0.309 e. The highest BCUT2D eigenvalue weighted by Gasteiger charge is 2.31. The fourth-order valence-corrected chi connectivity index (χ4v) is 5.56. The maximum atomic E-state index is 13.6. The van der Waals surface area contributed by atoms with Crippen LogP contribution in [0.15, 0.2) is 36.7 Å². The second-order valence-corrected chi connectivity index (χ2v) is 11.9. The van der Waals surface area contributed by atoms with Crippen LogP contribution in [0.3, 0.4) is 0 Å². The summed E-state index contributed by atoms with van der Waals surface area (Å²) in [6, 6.07) is 9.53. The number of hydrogen-bond donors (Lipinski definition) is 2. The third-order valence-corrected chi connectivity index (χ3v) is 7.48. The Morgan fingerprint density at radius 3 is 2.58 bits per heavy atom. The van der Waals surface area contributed by atoms with Crippen LogP contribution in [0.4, 0.5) is 10.2 Å². The molecule has 9 nitrogen and oxygen atoms in total. The standard InChI is InChI=1S/C30H37FN6O3/c1-30(2,3)40-29(39)20-5-4-6-22(13-20)35-28-26-25(33-17-34-28)23(27(32)38)14-24(36-26)19-9-7-18(8-10-19)15-37-12-11-21(31)16-37/h7-10,14,17,20-22H,4-6,11-13,15-16H2,1-3H3,(H2,32,38)(H,33,34,35)/t20?,21-,22-/m0/s1. The zero-order chi connectivity index (χ0) is 28.4. The molecule has 0 radical (unpaired) electrons. The Labute approximate surface area is 233 Å². The fourth-order valence-electron chi connectivity index (χ4n) is 5.56. The van der Waals surface area contributed by atoms with Crippen molar-refractivity contribution >= 4 is 28.7 Å². The molecular weight excluding hydrogens is 511 g/mol. The number of pyridine rings is 1. The lowest BCUT2D eigenvalue weighted by Gasteiger charge is -2.31. The van der Waals surface area contributed by atoms with Crippen molar-refractivity contribution in [2.24, 2.45) is 11.7 Å². The molecule has 3 N–H and O–H groups in total. The zero-order valence-electron chi connectivity index (χ0n) is 23.3. The number of ether oxygens (including phenoxy) is 1. The lowest BCUT2D eigenvalue weighted by molar-refractivity contribution is -0.161. The molecule has 1 saturated heterocycles. The maximum absolute atomic E-state index is 13.6. The first-order valence-corrected chi connectivity index (χ1v) is 14.0. The highest BCUT2D eigenvalue weighted by atomic mass is 19.1. The Hall–Kier alpha value is -3.66. The number of carbonyl (C=O) groups is 2. The van der Waals surface area contributed by atoms with Crippen molar-refractivity contribution in [1.82, 2.24) is 19.9 Å². The predicted molar refractivity (Wildman–Crippen MR) is 151 cm³/mol. The van der Waals surface area contributed by atoms with Gasteiger partial charge in [-0.3, -0.25) is 14.5 Å². The first-order valence-electron chi connectivity index (χ1n) is 14.0. The van der Waals surface area contributed by atoms with Crippen LogP contribution in [-0.2, 0) is 16.1 Å². The summed E-state index contributed by atoms with van der Waals surface area (Å²) in [5.41, 5.74) is 8.77. The summed E-state index contributed by atoms with van der Waals surface area (Å²) in [6.45, 7) is 7.53. The molecule has 3 atom stereocenters. The lowest BCUT2D eigenvalue weighted by Crippen LogP contribution is -2.35. The van der Waals surface area contributed by atoms with Gasteiger partial charge in [0, 0.05) is 31.2 Å². The van der Waals surface area contributed by atoms with E-state index in [0.717, 1.165) is 36.9 Å². The van der Waals surface area contributed by atoms with Crippen molar-refractivity contribution < 1.29 is 18.7 Å². The molecule has 3 heterocycles. The summed E-state index contributed by atoms with van der Waals surface area (Å²) in [4.78, 5) is 40.9. The van der Waals surface area contributed by atoms with Crippen molar-refractivity contribution in [3.63, 3.8) is 0 Å². The Morgan fingerprint density at radius 2 is 1.90 bits per heavy atom. The van der Waals surface area contributed by atoms with Crippen LogP contribution >= 0.6 is 0 Å². The summed E-state index contributed by atoms with van der Waals surface area (Å²) >= 11 is 0. The molecular formula is C30H37FN6O3. The molecule has 1 amide bonds. The number of anilines is 1. The minimum Gasteiger partial charge on any atom is -0.460 e. The summed E-state index contributed by atoms with van der Waals surface area (Å²) in [5.74, 6) is -0.484. The average molecular weight is 549 g/mol. The second kappa shape index (κ2) is 11.4. The van der Waals surface area contributed by atoms with Crippen molar-refractivity contribution in [2.45, 2.75) is 77.2 Å². The van der Waals surface area contributed by atoms with E-state index in [0.29, 0.717) is 48.5 Å². The van der Waals surface area contributed by atoms with Gasteiger partial charge in [0.05, 0.1) is 17.2 Å². The van der Waals surface area contributed by atoms with Gasteiger partial charge in [0.15, 0.2) is 5.82 Å². The number of nitrogens with one attached hydrogen (secondary N) is 1. The molecule has 2 aliphatic rings. The van der Waals surface area contributed by atoms with Crippen molar-refractivity contribution in [2.75, 3.05) is 18.4 Å². The number of alkyl halides is 1. The highest BCUT2D eigenvalue weighted by molar-refractivity contribution is 6.06. The van der Waals surface area contributed by atoms with Gasteiger partial charge >= 0.3 is 5.97 Å². The number of amides is 1. The third kappa shape index (κ3) is 6.55. The Balaban J connectivity index is 1.40. The van der Waals surface area contributed by atoms with E-state index in [4.69, 9.17) is 15.5 Å². The van der Waals surface area contributed by atoms with Gasteiger partial charge in [-0.15, -0.1) is 0 Å². The number of carbonyl (C=O) groups excluding carboxylic acids is 2. The lowest BCUT2D eigenvalue weighted by atomic mass is 9.85. The Kier molecular flexibility index (Phi) is 7.98. The van der Waals surface area contributed by atoms with Crippen LogP contribution in [-0.4, -0.2) is 62.6 Å². The van der Waals surface area contributed by atoms with E-state index in [1.54, 1.807) is 6.07 Å². The molecule has 40 heavy (non-hydrogen) atoms. The molecule has 1 unspecified atom stereocenters. The monoisotopic (exact) mass is 548 g/mol. The average Bonchev–Trinajstić information content (AvgIpc) is 3.32. The Morgan fingerprint density at radius 1 is 1.12 bits per heavy atom. The predicted octanol–water partition coefficient (Wildman–Crippen LogP) is 4.65. The largest absolute Gasteiger partial charge is 0.460 e. The minimum atomic E-state index is -0.755. The number of nitrogens with two attached hydrogens (primary N) is 1. The number of aromatic nitrogens is 3. The van der Waals surface area contributed by atoms with Crippen LogP contribution in [0.1, 0.15) is 68.8 Å². The molecule has 2 aromatic heterocycles. The third-order valence-electron chi connectivity index (χ3n) is 7.48. The molecule has 2 fully saturated rings. The number of nitrogens with zero attached hydrogens (tertiary/aromatic N) is 4. The normalized spacial score (nSPS) is 21.9. The van der Waals surface area contributed by atoms with Crippen LogP contribution in [0.2, 0.25) is 0 Å². The zero-order valence-corrected chi connectivity index (χ0v) is 23.3. The van der Waals surface area contributed by atoms with Crippen molar-refractivity contribution in [3.05, 3.63) is 47.8 Å². The van der Waals surface area contributed by atoms with Crippen LogP contribution < -0.4 is 11.1 Å². The molecule has 1 aliphatic carbocycles. The fraction of sp³-hybridized carbons (Fsp3) is 0.500. The molecule has 1 aromatic carbocycles. The van der Waals surface area contributed by atoms with Crippen molar-refractivity contribution in [1.29, 1.82) is 0 Å². The molecule has 0 spiro atoms. The molecule has 5 rings (SSSR count). The first kappa shape index (κ1) is 27.9. The molecule has 1 saturated carbocycles. The number of hydrogen-bond acceptors (Lipinski definition) is 8. The second-order valence-electron chi connectivity index (χ2n) is 11.9. The SMILES string of the molecule is CC(C)(C)OC(=O)C1CCC[C@H](Nc2ncnc3c(C(N)=O)cc(-c4ccc(CN5CC[C@H](F)C5)cc4)nc23)C1. The summed E-state index contributed by atoms with van der Waals surface area (Å²) < 4.78 is 19.2. The van der Waals surface area contributed by atoms with E-state index < -0.39 is 17.7 Å². The van der Waals surface area contributed by atoms with E-state index in [9.17, 15) is 14.0 Å². The molecule has 0 bridgehead atoms. The van der Waals surface area contributed by atoms with Gasteiger partial charge in [0.25, 0.3) is 5.91 Å². The molecule has 10 heteroatoms. The van der Waals surface area contributed by atoms with Crippen LogP contribution in [0, 0.1) is 5.92 Å². The summed E-state index contributed by atoms with van der Waals surface area (Å²) in [7, 11) is 0. The van der Waals surface area contributed by atoms with E-state index >= 15 is 0 Å². The molecule has 3 aromatic rings. The van der Waals surface area contributed by atoms with E-state index in [1.165, 1.54) is 6.33 Å². The van der Waals surface area contributed by atoms with Gasteiger partial charge in [-0.25, -0.2) is 19.3 Å². The number of halogens is 1. The van der Waals surface area contributed by atoms with Gasteiger partial charge in [-0.05, 0) is 58.1 Å². The number of fused-ring (bicyclic) bond motifs is 1. The number of likely N-dealkylation sites (tertiary alicyclic amines) is 1. The minimum absolute atomic E-state index is 0.0133. The summed E-state index contributed by atoms with van der Waals surface area (Å²) in [6.07, 6.45) is 4.37. The topological polar surface area (TPSA) is 123 Å². The highest BCUT2D eigenvalue weighted by Crippen LogP contribution is 2.32. The quantitative estimate of drug-likeness (QED) is 0.409. The van der Waals surface area contributed by atoms with Gasteiger partial charge in [0.2, 0.25) is 0 Å². The number of primary amides is 1. The number of esters is 1. The van der Waals surface area contributed by atoms with E-state index in [1.807, 2.05) is 45.0 Å². The van der Waals surface area contributed by atoms with Gasteiger partial charge < -0.3 is 15.8 Å².